The van der Waals surface area contributed by atoms with Gasteiger partial charge in [0, 0.05) is 19.1 Å². The first-order valence-corrected chi connectivity index (χ1v) is 9.39. The Labute approximate surface area is 161 Å². The molecule has 1 aromatic carbocycles. The standard InChI is InChI=1S/C21H31N3O3/c1-15(14-21(3,4)5)13-18(25)24-19(17-10-8-7-9-16(17)2)22-20(23-24)27-12-11-26-6/h7-10,15H,11-14H2,1-6H3. The molecule has 2 rings (SSSR count). The van der Waals surface area contributed by atoms with E-state index in [4.69, 9.17) is 9.47 Å². The molecule has 1 heterocycles. The Balaban J connectivity index is 2.29. The number of hydrogen-bond donors (Lipinski definition) is 0. The Kier molecular flexibility index (Phi) is 7.13. The number of benzene rings is 1. The highest BCUT2D eigenvalue weighted by Gasteiger charge is 2.23. The summed E-state index contributed by atoms with van der Waals surface area (Å²) in [4.78, 5) is 17.4. The van der Waals surface area contributed by atoms with Gasteiger partial charge in [0.2, 0.25) is 5.91 Å². The fourth-order valence-corrected chi connectivity index (χ4v) is 3.24. The molecule has 0 saturated carbocycles. The second kappa shape index (κ2) is 9.13. The van der Waals surface area contributed by atoms with E-state index in [1.54, 1.807) is 7.11 Å². The van der Waals surface area contributed by atoms with Crippen LogP contribution in [-0.2, 0) is 4.74 Å². The van der Waals surface area contributed by atoms with Crippen LogP contribution in [0.2, 0.25) is 0 Å². The molecule has 0 aliphatic rings. The highest BCUT2D eigenvalue weighted by molar-refractivity contribution is 5.83. The summed E-state index contributed by atoms with van der Waals surface area (Å²) in [5.74, 6) is 0.705. The van der Waals surface area contributed by atoms with E-state index in [0.29, 0.717) is 25.5 Å². The Morgan fingerprint density at radius 3 is 2.56 bits per heavy atom. The van der Waals surface area contributed by atoms with Crippen LogP contribution in [0.3, 0.4) is 0 Å². The van der Waals surface area contributed by atoms with Gasteiger partial charge in [-0.3, -0.25) is 4.79 Å². The highest BCUT2D eigenvalue weighted by atomic mass is 16.5. The zero-order valence-electron chi connectivity index (χ0n) is 17.3. The van der Waals surface area contributed by atoms with Crippen molar-refractivity contribution in [3.05, 3.63) is 29.8 Å². The van der Waals surface area contributed by atoms with Gasteiger partial charge in [0.25, 0.3) is 0 Å². The van der Waals surface area contributed by atoms with Crippen LogP contribution < -0.4 is 4.74 Å². The topological polar surface area (TPSA) is 66.2 Å². The van der Waals surface area contributed by atoms with Gasteiger partial charge in [-0.1, -0.05) is 52.0 Å². The summed E-state index contributed by atoms with van der Waals surface area (Å²) in [6.07, 6.45) is 1.38. The van der Waals surface area contributed by atoms with Crippen LogP contribution in [0.1, 0.15) is 50.9 Å². The number of carbonyl (C=O) groups excluding carboxylic acids is 1. The molecule has 6 heteroatoms. The van der Waals surface area contributed by atoms with Crippen LogP contribution in [0, 0.1) is 18.3 Å². The third kappa shape index (κ3) is 6.17. The van der Waals surface area contributed by atoms with Crippen molar-refractivity contribution in [3.63, 3.8) is 0 Å². The average Bonchev–Trinajstić information content (AvgIpc) is 2.98. The molecule has 1 aromatic heterocycles. The van der Waals surface area contributed by atoms with Crippen LogP contribution in [0.15, 0.2) is 24.3 Å². The summed E-state index contributed by atoms with van der Waals surface area (Å²) in [5, 5.41) is 4.33. The molecule has 0 fully saturated rings. The fourth-order valence-electron chi connectivity index (χ4n) is 3.24. The van der Waals surface area contributed by atoms with E-state index in [2.05, 4.69) is 37.8 Å². The maximum absolute atomic E-state index is 13.0. The van der Waals surface area contributed by atoms with E-state index in [0.717, 1.165) is 17.5 Å². The number of aromatic nitrogens is 3. The number of nitrogens with zero attached hydrogens (tertiary/aromatic N) is 3. The van der Waals surface area contributed by atoms with Gasteiger partial charge in [0.15, 0.2) is 5.82 Å². The molecule has 0 radical (unpaired) electrons. The maximum atomic E-state index is 13.0. The lowest BCUT2D eigenvalue weighted by molar-refractivity contribution is 0.0854. The Morgan fingerprint density at radius 2 is 1.93 bits per heavy atom. The minimum absolute atomic E-state index is 0.0703. The summed E-state index contributed by atoms with van der Waals surface area (Å²) >= 11 is 0. The van der Waals surface area contributed by atoms with Crippen LogP contribution in [0.5, 0.6) is 6.01 Å². The van der Waals surface area contributed by atoms with E-state index in [1.165, 1.54) is 4.68 Å². The number of methoxy groups -OCH3 is 1. The van der Waals surface area contributed by atoms with E-state index in [1.807, 2.05) is 31.2 Å². The van der Waals surface area contributed by atoms with Crippen molar-refractivity contribution in [1.29, 1.82) is 0 Å². The van der Waals surface area contributed by atoms with Crippen molar-refractivity contribution >= 4 is 5.91 Å². The number of carbonyl (C=O) groups is 1. The summed E-state index contributed by atoms with van der Waals surface area (Å²) in [6.45, 7) is 11.4. The summed E-state index contributed by atoms with van der Waals surface area (Å²) in [6, 6.07) is 8.03. The fraction of sp³-hybridized carbons (Fsp3) is 0.571. The van der Waals surface area contributed by atoms with Crippen LogP contribution >= 0.6 is 0 Å². The van der Waals surface area contributed by atoms with Crippen LogP contribution in [-0.4, -0.2) is 41.0 Å². The van der Waals surface area contributed by atoms with E-state index in [9.17, 15) is 4.79 Å². The first-order chi connectivity index (χ1) is 12.7. The first kappa shape index (κ1) is 21.1. The monoisotopic (exact) mass is 373 g/mol. The zero-order chi connectivity index (χ0) is 20.0. The summed E-state index contributed by atoms with van der Waals surface area (Å²) in [5.41, 5.74) is 2.09. The first-order valence-electron chi connectivity index (χ1n) is 9.39. The molecule has 148 valence electrons. The van der Waals surface area contributed by atoms with Crippen LogP contribution in [0.25, 0.3) is 11.4 Å². The van der Waals surface area contributed by atoms with E-state index < -0.39 is 0 Å². The number of aryl methyl sites for hydroxylation is 1. The number of ether oxygens (including phenoxy) is 2. The summed E-state index contributed by atoms with van der Waals surface area (Å²) in [7, 11) is 1.61. The second-order valence-corrected chi connectivity index (χ2v) is 8.25. The minimum Gasteiger partial charge on any atom is -0.460 e. The normalized spacial score (nSPS) is 12.8. The predicted molar refractivity (Wildman–Crippen MR) is 106 cm³/mol. The van der Waals surface area contributed by atoms with Gasteiger partial charge < -0.3 is 9.47 Å². The Hall–Kier alpha value is -2.21. The van der Waals surface area contributed by atoms with Crippen molar-refractivity contribution in [2.24, 2.45) is 11.3 Å². The van der Waals surface area contributed by atoms with Crippen molar-refractivity contribution in [2.45, 2.75) is 47.5 Å². The Morgan fingerprint density at radius 1 is 1.22 bits per heavy atom. The number of hydrogen-bond acceptors (Lipinski definition) is 5. The average molecular weight is 373 g/mol. The molecular formula is C21H31N3O3. The van der Waals surface area contributed by atoms with Gasteiger partial charge >= 0.3 is 6.01 Å². The third-order valence-electron chi connectivity index (χ3n) is 4.21. The molecule has 27 heavy (non-hydrogen) atoms. The molecule has 6 nitrogen and oxygen atoms in total. The summed E-state index contributed by atoms with van der Waals surface area (Å²) < 4.78 is 11.9. The highest BCUT2D eigenvalue weighted by Crippen LogP contribution is 2.28. The van der Waals surface area contributed by atoms with Crippen molar-refractivity contribution in [2.75, 3.05) is 20.3 Å². The van der Waals surface area contributed by atoms with Gasteiger partial charge in [-0.05, 0) is 30.2 Å². The van der Waals surface area contributed by atoms with Crippen molar-refractivity contribution in [1.82, 2.24) is 14.8 Å². The number of rotatable bonds is 8. The second-order valence-electron chi connectivity index (χ2n) is 8.25. The van der Waals surface area contributed by atoms with Gasteiger partial charge in [0.05, 0.1) is 6.61 Å². The molecule has 0 spiro atoms. The predicted octanol–water partition coefficient (Wildman–Crippen LogP) is 4.38. The largest absolute Gasteiger partial charge is 0.460 e. The van der Waals surface area contributed by atoms with Gasteiger partial charge in [-0.2, -0.15) is 9.67 Å². The lowest BCUT2D eigenvalue weighted by atomic mass is 9.84. The minimum atomic E-state index is -0.0703. The van der Waals surface area contributed by atoms with Gasteiger partial charge in [-0.15, -0.1) is 5.10 Å². The zero-order valence-corrected chi connectivity index (χ0v) is 17.3. The molecule has 0 N–H and O–H groups in total. The van der Waals surface area contributed by atoms with Crippen molar-refractivity contribution in [3.8, 4) is 17.4 Å². The molecule has 0 saturated heterocycles. The van der Waals surface area contributed by atoms with Gasteiger partial charge in [-0.25, -0.2) is 0 Å². The molecule has 0 aliphatic heterocycles. The van der Waals surface area contributed by atoms with Gasteiger partial charge in [0.1, 0.15) is 6.61 Å². The Bertz CT molecular complexity index is 762. The third-order valence-corrected chi connectivity index (χ3v) is 4.21. The molecule has 0 aliphatic carbocycles. The quantitative estimate of drug-likeness (QED) is 0.642. The van der Waals surface area contributed by atoms with Crippen LogP contribution in [0.4, 0.5) is 0 Å². The maximum Gasteiger partial charge on any atom is 0.336 e. The molecule has 0 amide bonds. The SMILES string of the molecule is COCCOc1nc(-c2ccccc2C)n(C(=O)CC(C)CC(C)(C)C)n1. The van der Waals surface area contributed by atoms with E-state index >= 15 is 0 Å². The lowest BCUT2D eigenvalue weighted by Crippen LogP contribution is -2.20. The molecular weight excluding hydrogens is 342 g/mol. The molecule has 1 unspecified atom stereocenters. The molecule has 2 aromatic rings. The molecule has 1 atom stereocenters. The smallest absolute Gasteiger partial charge is 0.336 e. The van der Waals surface area contributed by atoms with Crippen molar-refractivity contribution < 1.29 is 14.3 Å². The molecule has 0 bridgehead atoms. The lowest BCUT2D eigenvalue weighted by Gasteiger charge is -2.22. The van der Waals surface area contributed by atoms with E-state index in [-0.39, 0.29) is 23.3 Å².